The maximum Gasteiger partial charge on any atom is 0.273 e. The summed E-state index contributed by atoms with van der Waals surface area (Å²) in [5, 5.41) is 10.6. The van der Waals surface area contributed by atoms with Crippen molar-refractivity contribution in [1.82, 2.24) is 15.1 Å². The second-order valence-corrected chi connectivity index (χ2v) is 4.89. The first-order valence-corrected chi connectivity index (χ1v) is 7.28. The molecular formula is C16H22N4O. The van der Waals surface area contributed by atoms with Gasteiger partial charge in [-0.3, -0.25) is 9.48 Å². The van der Waals surface area contributed by atoms with Gasteiger partial charge >= 0.3 is 0 Å². The van der Waals surface area contributed by atoms with E-state index in [4.69, 9.17) is 0 Å². The lowest BCUT2D eigenvalue weighted by Crippen LogP contribution is -2.19. The summed E-state index contributed by atoms with van der Waals surface area (Å²) in [7, 11) is 1.79. The Kier molecular flexibility index (Phi) is 5.11. The van der Waals surface area contributed by atoms with Crippen molar-refractivity contribution in [2.45, 2.75) is 26.8 Å². The largest absolute Gasteiger partial charge is 0.320 e. The highest BCUT2D eigenvalue weighted by Crippen LogP contribution is 2.16. The van der Waals surface area contributed by atoms with Gasteiger partial charge in [-0.1, -0.05) is 32.0 Å². The van der Waals surface area contributed by atoms with Crippen molar-refractivity contribution in [1.29, 1.82) is 0 Å². The number of amides is 1. The average molecular weight is 286 g/mol. The molecular weight excluding hydrogens is 264 g/mol. The first kappa shape index (κ1) is 15.3. The number of rotatable bonds is 6. The molecule has 0 bridgehead atoms. The Morgan fingerprint density at radius 2 is 2.05 bits per heavy atom. The van der Waals surface area contributed by atoms with Crippen LogP contribution in [-0.2, 0) is 20.0 Å². The third-order valence-corrected chi connectivity index (χ3v) is 3.36. The van der Waals surface area contributed by atoms with Crippen LogP contribution >= 0.6 is 0 Å². The van der Waals surface area contributed by atoms with Gasteiger partial charge in [0, 0.05) is 19.3 Å². The highest BCUT2D eigenvalue weighted by Gasteiger charge is 2.14. The number of carbonyl (C=O) groups is 1. The standard InChI is InChI=1S/C16H22N4O/c1-4-13-10-15(20(3)19-13)16(21)18-14-9-7-6-8-12(14)11-17-5-2/h6-10,17H,4-5,11H2,1-3H3,(H,18,21). The lowest BCUT2D eigenvalue weighted by Gasteiger charge is -2.11. The summed E-state index contributed by atoms with van der Waals surface area (Å²) in [5.41, 5.74) is 3.40. The van der Waals surface area contributed by atoms with Crippen molar-refractivity contribution in [3.05, 3.63) is 47.3 Å². The minimum Gasteiger partial charge on any atom is -0.320 e. The molecule has 112 valence electrons. The molecule has 0 aliphatic heterocycles. The van der Waals surface area contributed by atoms with Gasteiger partial charge in [-0.2, -0.15) is 5.10 Å². The van der Waals surface area contributed by atoms with E-state index in [-0.39, 0.29) is 5.91 Å². The van der Waals surface area contributed by atoms with Gasteiger partial charge in [0.1, 0.15) is 5.69 Å². The van der Waals surface area contributed by atoms with Crippen LogP contribution in [0.1, 0.15) is 35.6 Å². The number of aromatic nitrogens is 2. The zero-order chi connectivity index (χ0) is 15.2. The molecule has 0 atom stereocenters. The number of carbonyl (C=O) groups excluding carboxylic acids is 1. The zero-order valence-electron chi connectivity index (χ0n) is 12.8. The number of nitrogens with one attached hydrogen (secondary N) is 2. The van der Waals surface area contributed by atoms with E-state index >= 15 is 0 Å². The summed E-state index contributed by atoms with van der Waals surface area (Å²) < 4.78 is 1.63. The van der Waals surface area contributed by atoms with E-state index in [9.17, 15) is 4.79 Å². The summed E-state index contributed by atoms with van der Waals surface area (Å²) in [6, 6.07) is 9.66. The Balaban J connectivity index is 2.17. The molecule has 0 saturated heterocycles. The van der Waals surface area contributed by atoms with Crippen molar-refractivity contribution in [3.8, 4) is 0 Å². The second kappa shape index (κ2) is 7.04. The molecule has 5 heteroatoms. The molecule has 1 heterocycles. The lowest BCUT2D eigenvalue weighted by molar-refractivity contribution is 0.101. The van der Waals surface area contributed by atoms with Crippen LogP contribution in [0.3, 0.4) is 0 Å². The Hall–Kier alpha value is -2.14. The van der Waals surface area contributed by atoms with Crippen LogP contribution in [0.2, 0.25) is 0 Å². The number of nitrogens with zero attached hydrogens (tertiary/aromatic N) is 2. The number of para-hydroxylation sites is 1. The third-order valence-electron chi connectivity index (χ3n) is 3.36. The maximum atomic E-state index is 12.4. The van der Waals surface area contributed by atoms with E-state index < -0.39 is 0 Å². The van der Waals surface area contributed by atoms with Crippen LogP contribution in [0.5, 0.6) is 0 Å². The van der Waals surface area contributed by atoms with Crippen LogP contribution in [0.15, 0.2) is 30.3 Å². The third kappa shape index (κ3) is 3.70. The van der Waals surface area contributed by atoms with Crippen LogP contribution < -0.4 is 10.6 Å². The molecule has 2 rings (SSSR count). The van der Waals surface area contributed by atoms with Crippen molar-refractivity contribution >= 4 is 11.6 Å². The molecule has 1 aromatic heterocycles. The molecule has 21 heavy (non-hydrogen) atoms. The second-order valence-electron chi connectivity index (χ2n) is 4.89. The quantitative estimate of drug-likeness (QED) is 0.857. The minimum absolute atomic E-state index is 0.131. The van der Waals surface area contributed by atoms with Gasteiger partial charge in [-0.25, -0.2) is 0 Å². The van der Waals surface area contributed by atoms with E-state index in [2.05, 4.69) is 22.7 Å². The molecule has 5 nitrogen and oxygen atoms in total. The molecule has 1 amide bonds. The summed E-state index contributed by atoms with van der Waals surface area (Å²) in [4.78, 5) is 12.4. The first-order valence-electron chi connectivity index (χ1n) is 7.28. The molecule has 2 aromatic rings. The predicted octanol–water partition coefficient (Wildman–Crippen LogP) is 2.34. The van der Waals surface area contributed by atoms with Crippen LogP contribution in [0.25, 0.3) is 0 Å². The number of benzene rings is 1. The number of aryl methyl sites for hydroxylation is 2. The highest BCUT2D eigenvalue weighted by atomic mass is 16.2. The van der Waals surface area contributed by atoms with Crippen molar-refractivity contribution in [3.63, 3.8) is 0 Å². The monoisotopic (exact) mass is 286 g/mol. The number of hydrogen-bond acceptors (Lipinski definition) is 3. The normalized spacial score (nSPS) is 10.6. The van der Waals surface area contributed by atoms with Crippen LogP contribution in [0, 0.1) is 0 Å². The Morgan fingerprint density at radius 3 is 2.71 bits per heavy atom. The first-order chi connectivity index (χ1) is 10.2. The predicted molar refractivity (Wildman–Crippen MR) is 84.4 cm³/mol. The van der Waals surface area contributed by atoms with Crippen LogP contribution in [-0.4, -0.2) is 22.2 Å². The Labute approximate surface area is 125 Å². The zero-order valence-corrected chi connectivity index (χ0v) is 12.8. The number of hydrogen-bond donors (Lipinski definition) is 2. The van der Waals surface area contributed by atoms with E-state index in [0.29, 0.717) is 5.69 Å². The fourth-order valence-electron chi connectivity index (χ4n) is 2.15. The summed E-state index contributed by atoms with van der Waals surface area (Å²) in [6.45, 7) is 5.71. The van der Waals surface area contributed by atoms with Gasteiger partial charge < -0.3 is 10.6 Å². The van der Waals surface area contributed by atoms with E-state index in [1.807, 2.05) is 37.3 Å². The molecule has 0 fully saturated rings. The Morgan fingerprint density at radius 1 is 1.29 bits per heavy atom. The summed E-state index contributed by atoms with van der Waals surface area (Å²) >= 11 is 0. The molecule has 0 spiro atoms. The molecule has 0 aliphatic carbocycles. The highest BCUT2D eigenvalue weighted by molar-refractivity contribution is 6.03. The Bertz CT molecular complexity index is 618. The maximum absolute atomic E-state index is 12.4. The van der Waals surface area contributed by atoms with Gasteiger partial charge in [-0.15, -0.1) is 0 Å². The molecule has 0 unspecified atom stereocenters. The van der Waals surface area contributed by atoms with Crippen molar-refractivity contribution in [2.75, 3.05) is 11.9 Å². The number of anilines is 1. The molecule has 2 N–H and O–H groups in total. The lowest BCUT2D eigenvalue weighted by atomic mass is 10.1. The van der Waals surface area contributed by atoms with Gasteiger partial charge in [-0.05, 0) is 30.7 Å². The average Bonchev–Trinajstić information content (AvgIpc) is 2.87. The van der Waals surface area contributed by atoms with Crippen LogP contribution in [0.4, 0.5) is 5.69 Å². The van der Waals surface area contributed by atoms with E-state index in [1.165, 1.54) is 0 Å². The molecule has 0 radical (unpaired) electrons. The fourth-order valence-corrected chi connectivity index (χ4v) is 2.15. The molecule has 1 aromatic carbocycles. The van der Waals surface area contributed by atoms with Gasteiger partial charge in [0.05, 0.1) is 5.69 Å². The SMILES string of the molecule is CCNCc1ccccc1NC(=O)c1cc(CC)nn1C. The van der Waals surface area contributed by atoms with Gasteiger partial charge in [0.25, 0.3) is 5.91 Å². The topological polar surface area (TPSA) is 58.9 Å². The minimum atomic E-state index is -0.131. The smallest absolute Gasteiger partial charge is 0.273 e. The summed E-state index contributed by atoms with van der Waals surface area (Å²) in [6.07, 6.45) is 0.818. The van der Waals surface area contributed by atoms with Gasteiger partial charge in [0.2, 0.25) is 0 Å². The molecule has 0 aliphatic rings. The van der Waals surface area contributed by atoms with E-state index in [0.717, 1.165) is 36.5 Å². The molecule has 0 saturated carbocycles. The van der Waals surface area contributed by atoms with Crippen molar-refractivity contribution < 1.29 is 4.79 Å². The van der Waals surface area contributed by atoms with E-state index in [1.54, 1.807) is 11.7 Å². The fraction of sp³-hybridized carbons (Fsp3) is 0.375. The van der Waals surface area contributed by atoms with Crippen molar-refractivity contribution in [2.24, 2.45) is 7.05 Å². The summed E-state index contributed by atoms with van der Waals surface area (Å²) in [5.74, 6) is -0.131. The van der Waals surface area contributed by atoms with Gasteiger partial charge in [0.15, 0.2) is 0 Å².